The van der Waals surface area contributed by atoms with Crippen LogP contribution < -0.4 is 10.6 Å². The van der Waals surface area contributed by atoms with Crippen LogP contribution in [0.1, 0.15) is 20.8 Å². The van der Waals surface area contributed by atoms with Gasteiger partial charge in [0.2, 0.25) is 5.91 Å². The largest absolute Gasteiger partial charge is 0.374 e. The molecule has 0 aliphatic heterocycles. The first-order chi connectivity index (χ1) is 7.99. The van der Waals surface area contributed by atoms with Crippen LogP contribution in [-0.4, -0.2) is 18.5 Å². The van der Waals surface area contributed by atoms with E-state index in [1.54, 1.807) is 0 Å². The Bertz CT molecular complexity index is 379. The quantitative estimate of drug-likeness (QED) is 0.877. The third-order valence-corrected chi connectivity index (χ3v) is 2.78. The predicted octanol–water partition coefficient (Wildman–Crippen LogP) is 3.02. The molecule has 0 aromatic heterocycles. The molecule has 0 unspecified atom stereocenters. The van der Waals surface area contributed by atoms with E-state index in [1.165, 1.54) is 0 Å². The zero-order valence-corrected chi connectivity index (χ0v) is 12.0. The molecule has 0 saturated carbocycles. The number of benzene rings is 1. The average molecular weight is 299 g/mol. The molecule has 94 valence electrons. The highest BCUT2D eigenvalue weighted by atomic mass is 79.9. The summed E-state index contributed by atoms with van der Waals surface area (Å²) in [5, 5.41) is 6.07. The van der Waals surface area contributed by atoms with Gasteiger partial charge in [-0.25, -0.2) is 0 Å². The van der Waals surface area contributed by atoms with E-state index in [0.29, 0.717) is 12.5 Å². The van der Waals surface area contributed by atoms with Crippen LogP contribution in [0.25, 0.3) is 0 Å². The first kappa shape index (κ1) is 14.0. The number of rotatable bonds is 5. The van der Waals surface area contributed by atoms with Gasteiger partial charge in [0.25, 0.3) is 0 Å². The summed E-state index contributed by atoms with van der Waals surface area (Å²) in [7, 11) is 0. The van der Waals surface area contributed by atoms with Gasteiger partial charge < -0.3 is 10.6 Å². The molecule has 0 spiro atoms. The maximum Gasteiger partial charge on any atom is 0.242 e. The van der Waals surface area contributed by atoms with E-state index < -0.39 is 0 Å². The van der Waals surface area contributed by atoms with Crippen LogP contribution in [0.15, 0.2) is 28.7 Å². The Hall–Kier alpha value is -1.03. The van der Waals surface area contributed by atoms with Crippen LogP contribution in [0.2, 0.25) is 0 Å². The molecule has 0 saturated heterocycles. The maximum absolute atomic E-state index is 11.8. The third kappa shape index (κ3) is 5.22. The van der Waals surface area contributed by atoms with Crippen LogP contribution in [0.3, 0.4) is 0 Å². The summed E-state index contributed by atoms with van der Waals surface area (Å²) in [6.45, 7) is 6.72. The summed E-state index contributed by atoms with van der Waals surface area (Å²) < 4.78 is 0.997. The predicted molar refractivity (Wildman–Crippen MR) is 75.1 cm³/mol. The number of carbonyl (C=O) groups excluding carboxylic acids is 1. The van der Waals surface area contributed by atoms with Crippen molar-refractivity contribution in [2.45, 2.75) is 26.8 Å². The van der Waals surface area contributed by atoms with Crippen LogP contribution in [-0.2, 0) is 4.79 Å². The zero-order valence-electron chi connectivity index (χ0n) is 10.5. The lowest BCUT2D eigenvalue weighted by Crippen LogP contribution is -2.39. The fourth-order valence-corrected chi connectivity index (χ4v) is 1.75. The molecule has 0 aliphatic rings. The van der Waals surface area contributed by atoms with E-state index >= 15 is 0 Å². The van der Waals surface area contributed by atoms with Gasteiger partial charge in [0.1, 0.15) is 6.04 Å². The molecule has 1 aromatic carbocycles. The minimum atomic E-state index is -0.233. The van der Waals surface area contributed by atoms with Crippen molar-refractivity contribution in [1.82, 2.24) is 5.32 Å². The standard InChI is InChI=1S/C13H19BrN2O/c1-9(2)8-15-13(17)10(3)16-12-6-4-5-11(14)7-12/h4-7,9-10,16H,8H2,1-3H3,(H,15,17)/t10-/m1/s1. The Morgan fingerprint density at radius 2 is 2.06 bits per heavy atom. The summed E-state index contributed by atoms with van der Waals surface area (Å²) in [4.78, 5) is 11.8. The van der Waals surface area contributed by atoms with Crippen LogP contribution >= 0.6 is 15.9 Å². The molecule has 2 N–H and O–H groups in total. The van der Waals surface area contributed by atoms with Gasteiger partial charge in [0.05, 0.1) is 0 Å². The molecular formula is C13H19BrN2O. The van der Waals surface area contributed by atoms with E-state index in [0.717, 1.165) is 10.2 Å². The van der Waals surface area contributed by atoms with Crippen molar-refractivity contribution in [3.05, 3.63) is 28.7 Å². The highest BCUT2D eigenvalue weighted by molar-refractivity contribution is 9.10. The lowest BCUT2D eigenvalue weighted by atomic mass is 10.2. The summed E-state index contributed by atoms with van der Waals surface area (Å²) in [5.41, 5.74) is 0.937. The number of carbonyl (C=O) groups is 1. The minimum absolute atomic E-state index is 0.0266. The van der Waals surface area contributed by atoms with E-state index in [2.05, 4.69) is 40.4 Å². The Morgan fingerprint density at radius 1 is 1.35 bits per heavy atom. The molecule has 1 amide bonds. The molecule has 1 atom stereocenters. The molecule has 3 nitrogen and oxygen atoms in total. The first-order valence-corrected chi connectivity index (χ1v) is 6.58. The van der Waals surface area contributed by atoms with Crippen molar-refractivity contribution in [2.24, 2.45) is 5.92 Å². The molecule has 1 aromatic rings. The zero-order chi connectivity index (χ0) is 12.8. The lowest BCUT2D eigenvalue weighted by molar-refractivity contribution is -0.121. The van der Waals surface area contributed by atoms with E-state index in [4.69, 9.17) is 0 Å². The SMILES string of the molecule is CC(C)CNC(=O)[C@@H](C)Nc1cccc(Br)c1. The van der Waals surface area contributed by atoms with Crippen molar-refractivity contribution in [3.63, 3.8) is 0 Å². The smallest absolute Gasteiger partial charge is 0.242 e. The molecule has 0 bridgehead atoms. The highest BCUT2D eigenvalue weighted by Gasteiger charge is 2.12. The Morgan fingerprint density at radius 3 is 2.65 bits per heavy atom. The van der Waals surface area contributed by atoms with E-state index in [1.807, 2.05) is 31.2 Å². The van der Waals surface area contributed by atoms with Gasteiger partial charge in [-0.3, -0.25) is 4.79 Å². The van der Waals surface area contributed by atoms with Gasteiger partial charge in [-0.2, -0.15) is 0 Å². The summed E-state index contributed by atoms with van der Waals surface area (Å²) >= 11 is 3.40. The second-order valence-electron chi connectivity index (χ2n) is 4.52. The molecule has 1 rings (SSSR count). The number of anilines is 1. The fraction of sp³-hybridized carbons (Fsp3) is 0.462. The summed E-state index contributed by atoms with van der Waals surface area (Å²) in [6, 6.07) is 7.55. The molecule has 0 aliphatic carbocycles. The molecule has 0 radical (unpaired) electrons. The molecule has 0 heterocycles. The van der Waals surface area contributed by atoms with Gasteiger partial charge in [-0.05, 0) is 31.0 Å². The van der Waals surface area contributed by atoms with Gasteiger partial charge >= 0.3 is 0 Å². The molecular weight excluding hydrogens is 280 g/mol. The van der Waals surface area contributed by atoms with Gasteiger partial charge in [0.15, 0.2) is 0 Å². The first-order valence-electron chi connectivity index (χ1n) is 5.79. The monoisotopic (exact) mass is 298 g/mol. The number of hydrogen-bond donors (Lipinski definition) is 2. The van der Waals surface area contributed by atoms with Crippen molar-refractivity contribution in [2.75, 3.05) is 11.9 Å². The molecule has 0 fully saturated rings. The highest BCUT2D eigenvalue weighted by Crippen LogP contribution is 2.16. The lowest BCUT2D eigenvalue weighted by Gasteiger charge is -2.16. The Balaban J connectivity index is 2.48. The van der Waals surface area contributed by atoms with Crippen LogP contribution in [0.4, 0.5) is 5.69 Å². The number of nitrogens with one attached hydrogen (secondary N) is 2. The van der Waals surface area contributed by atoms with Crippen LogP contribution in [0.5, 0.6) is 0 Å². The van der Waals surface area contributed by atoms with Crippen molar-refractivity contribution < 1.29 is 4.79 Å². The number of hydrogen-bond acceptors (Lipinski definition) is 2. The van der Waals surface area contributed by atoms with E-state index in [9.17, 15) is 4.79 Å². The maximum atomic E-state index is 11.8. The average Bonchev–Trinajstić information content (AvgIpc) is 2.25. The fourth-order valence-electron chi connectivity index (χ4n) is 1.35. The van der Waals surface area contributed by atoms with Gasteiger partial charge in [-0.15, -0.1) is 0 Å². The van der Waals surface area contributed by atoms with Crippen molar-refractivity contribution in [1.29, 1.82) is 0 Å². The van der Waals surface area contributed by atoms with Crippen molar-refractivity contribution >= 4 is 27.5 Å². The minimum Gasteiger partial charge on any atom is -0.374 e. The Kier molecular flexibility index (Phi) is 5.48. The normalized spacial score (nSPS) is 12.3. The topological polar surface area (TPSA) is 41.1 Å². The molecule has 4 heteroatoms. The Labute approximate surface area is 111 Å². The second-order valence-corrected chi connectivity index (χ2v) is 5.43. The third-order valence-electron chi connectivity index (χ3n) is 2.29. The van der Waals surface area contributed by atoms with Crippen LogP contribution in [0, 0.1) is 5.92 Å². The van der Waals surface area contributed by atoms with Gasteiger partial charge in [0, 0.05) is 16.7 Å². The number of amides is 1. The summed E-state index contributed by atoms with van der Waals surface area (Å²) in [6.07, 6.45) is 0. The second kappa shape index (κ2) is 6.64. The van der Waals surface area contributed by atoms with Crippen molar-refractivity contribution in [3.8, 4) is 0 Å². The molecule has 17 heavy (non-hydrogen) atoms. The summed E-state index contributed by atoms with van der Waals surface area (Å²) in [5.74, 6) is 0.496. The van der Waals surface area contributed by atoms with E-state index in [-0.39, 0.29) is 11.9 Å². The number of halogens is 1. The van der Waals surface area contributed by atoms with Gasteiger partial charge in [-0.1, -0.05) is 35.8 Å².